The lowest BCUT2D eigenvalue weighted by Crippen LogP contribution is -2.71. The van der Waals surface area contributed by atoms with Crippen LogP contribution in [0.4, 0.5) is 0 Å². The summed E-state index contributed by atoms with van der Waals surface area (Å²) in [6.07, 6.45) is -98.7. The standard InChI is InChI=1S/C70H117N5O56S2/c1-16-36(88)46(98)49(101)66(113-16)111-15-30-55(41(93)31(61(104)114-30)71-17(2)83)124-62-32(72-18(3)84)43(95)53(26(11-80)118-62)125-67-50(102)57(127-70-60(48(100)38(90)23(8-77)117-70)129-65-33(73-19(4)85)42(94)52(25(10-79)119-65)123-63-35(75-21(6)87)45(97)56(28(13-82)121-63)130-132(105,106)107)40(92)29(122-67)14-112-69-59(47(99)37(89)22(7-76)116-69)128-64-34(74-20(5)86)44(96)54(27(12-81)120-64)126-68-51(103)58(131-133(108,109)110)39(91)24(9-78)115-68/h16,22-70,76-82,88-104H,7-15H2,1-6H3,(H,71,83)(H,72,84)(H,73,85)(H,74,86)(H,75,87)(H,105,106,107)(H,108,109,110)/t16-,22+,23+,24+,25+,26+,27+,28+,29+,30+,31+,32+,33+,34+,35+,36+,37+,38+,39-,40+,41+,42+,43+,44+,45+,46+,47-,48-,49-,50-,51+,52+,53+,54+,55+,56-,57-,58-,59-,60-,61?,62-,63-,64-,65-,66+,67-,68-,69-,70+/m0/s1. The van der Waals surface area contributed by atoms with E-state index in [1.54, 1.807) is 0 Å². The van der Waals surface area contributed by atoms with Gasteiger partial charge in [0.25, 0.3) is 0 Å². The summed E-state index contributed by atoms with van der Waals surface area (Å²) in [5.41, 5.74) is 0. The number of amides is 5. The Morgan fingerprint density at radius 3 is 0.925 bits per heavy atom. The van der Waals surface area contributed by atoms with Crippen molar-refractivity contribution in [3.8, 4) is 0 Å². The van der Waals surface area contributed by atoms with E-state index in [1.165, 1.54) is 6.92 Å². The number of carbonyl (C=O) groups excluding carboxylic acids is 5. The highest BCUT2D eigenvalue weighted by Gasteiger charge is 2.63. The summed E-state index contributed by atoms with van der Waals surface area (Å²) in [6.45, 7) is -5.14. The van der Waals surface area contributed by atoms with Gasteiger partial charge in [0.2, 0.25) is 29.5 Å². The largest absolute Gasteiger partial charge is 0.397 e. The Bertz CT molecular complexity index is 3990. The monoisotopic (exact) mass is 1990 g/mol. The molecule has 770 valence electrons. The molecule has 50 atom stereocenters. The lowest BCUT2D eigenvalue weighted by atomic mass is 9.93. The zero-order chi connectivity index (χ0) is 98.5. The highest BCUT2D eigenvalue weighted by Crippen LogP contribution is 2.41. The first kappa shape index (κ1) is 110. The van der Waals surface area contributed by atoms with Crippen LogP contribution in [0.2, 0.25) is 0 Å². The summed E-state index contributed by atoms with van der Waals surface area (Å²) in [4.78, 5) is 64.6. The first-order chi connectivity index (χ1) is 62.4. The fourth-order valence-corrected chi connectivity index (χ4v) is 17.7. The predicted octanol–water partition coefficient (Wildman–Crippen LogP) is -21.4. The number of rotatable bonds is 36. The first-order valence-corrected chi connectivity index (χ1v) is 44.0. The minimum atomic E-state index is -5.52. The topological polar surface area (TPSA) is 934 Å². The molecular formula is C70H117N5O56S2. The van der Waals surface area contributed by atoms with Gasteiger partial charge in [-0.2, -0.15) is 16.8 Å². The molecule has 0 spiro atoms. The maximum absolute atomic E-state index is 13.3. The van der Waals surface area contributed by atoms with E-state index >= 15 is 0 Å². The van der Waals surface area contributed by atoms with Gasteiger partial charge in [0.05, 0.1) is 65.6 Å². The summed E-state index contributed by atoms with van der Waals surface area (Å²) >= 11 is 0. The van der Waals surface area contributed by atoms with Crippen LogP contribution in [0.25, 0.3) is 0 Å². The van der Waals surface area contributed by atoms with Gasteiger partial charge in [0, 0.05) is 34.6 Å². The molecule has 10 rings (SSSR count). The lowest BCUT2D eigenvalue weighted by Gasteiger charge is -2.51. The third-order valence-electron chi connectivity index (χ3n) is 23.2. The van der Waals surface area contributed by atoms with Crippen molar-refractivity contribution >= 4 is 50.3 Å². The molecule has 10 aliphatic rings. The molecular weight excluding hydrogens is 1870 g/mol. The Kier molecular flexibility index (Phi) is 39.2. The first-order valence-electron chi connectivity index (χ1n) is 41.3. The number of hydrogen-bond acceptors (Lipinski definition) is 54. The maximum Gasteiger partial charge on any atom is 0.397 e. The molecule has 133 heavy (non-hydrogen) atoms. The number of aliphatic hydroxyl groups is 24. The molecule has 10 saturated heterocycles. The molecule has 63 heteroatoms. The van der Waals surface area contributed by atoms with Crippen molar-refractivity contribution in [2.45, 2.75) is 348 Å². The molecule has 0 bridgehead atoms. The number of hydrogen-bond donors (Lipinski definition) is 31. The fourth-order valence-electron chi connectivity index (χ4n) is 16.7. The second-order valence-electron chi connectivity index (χ2n) is 32.7. The van der Waals surface area contributed by atoms with E-state index in [0.29, 0.717) is 0 Å². The summed E-state index contributed by atoms with van der Waals surface area (Å²) < 4.78 is 189. The Hall–Kier alpha value is -4.63. The van der Waals surface area contributed by atoms with Gasteiger partial charge >= 0.3 is 20.8 Å². The molecule has 10 heterocycles. The molecule has 10 fully saturated rings. The van der Waals surface area contributed by atoms with E-state index < -0.39 is 417 Å². The van der Waals surface area contributed by atoms with Gasteiger partial charge in [-0.05, 0) is 6.92 Å². The van der Waals surface area contributed by atoms with Crippen LogP contribution in [0.1, 0.15) is 41.5 Å². The second kappa shape index (κ2) is 47.3. The highest BCUT2D eigenvalue weighted by atomic mass is 32.3. The van der Waals surface area contributed by atoms with E-state index in [-0.39, 0.29) is 0 Å². The summed E-state index contributed by atoms with van der Waals surface area (Å²) in [5, 5.41) is 284. The van der Waals surface area contributed by atoms with E-state index in [1.807, 2.05) is 0 Å². The maximum atomic E-state index is 13.3. The lowest BCUT2D eigenvalue weighted by molar-refractivity contribution is -0.398. The fraction of sp³-hybridized carbons (Fsp3) is 0.929. The summed E-state index contributed by atoms with van der Waals surface area (Å²) in [5.74, 6) is -4.98. The predicted molar refractivity (Wildman–Crippen MR) is 407 cm³/mol. The van der Waals surface area contributed by atoms with Gasteiger partial charge in [-0.25, -0.2) is 8.37 Å². The van der Waals surface area contributed by atoms with Crippen LogP contribution in [0.15, 0.2) is 0 Å². The number of carbonyl (C=O) groups is 5. The minimum Gasteiger partial charge on any atom is -0.394 e. The minimum absolute atomic E-state index is 0.865. The van der Waals surface area contributed by atoms with Crippen LogP contribution in [-0.4, -0.2) is 544 Å². The van der Waals surface area contributed by atoms with Crippen LogP contribution in [0.3, 0.4) is 0 Å². The Morgan fingerprint density at radius 2 is 0.526 bits per heavy atom. The summed E-state index contributed by atoms with van der Waals surface area (Å²) in [6, 6.07) is -10.0. The van der Waals surface area contributed by atoms with Crippen molar-refractivity contribution in [2.75, 3.05) is 59.5 Å². The normalized spacial score (nSPS) is 46.8. The molecule has 61 nitrogen and oxygen atoms in total. The molecule has 0 radical (unpaired) electrons. The molecule has 1 unspecified atom stereocenters. The molecule has 0 aliphatic carbocycles. The van der Waals surface area contributed by atoms with Crippen LogP contribution in [-0.2, 0) is 143 Å². The summed E-state index contributed by atoms with van der Waals surface area (Å²) in [7, 11) is -11.0. The van der Waals surface area contributed by atoms with E-state index in [2.05, 4.69) is 35.0 Å². The molecule has 0 aromatic heterocycles. The molecule has 5 amide bonds. The van der Waals surface area contributed by atoms with Gasteiger partial charge in [0.1, 0.15) is 238 Å². The van der Waals surface area contributed by atoms with Crippen molar-refractivity contribution in [3.05, 3.63) is 0 Å². The Morgan fingerprint density at radius 1 is 0.248 bits per heavy atom. The van der Waals surface area contributed by atoms with E-state index in [0.717, 1.165) is 34.6 Å². The third kappa shape index (κ3) is 26.0. The van der Waals surface area contributed by atoms with Crippen molar-refractivity contribution < 1.29 is 271 Å². The van der Waals surface area contributed by atoms with Crippen LogP contribution >= 0.6 is 0 Å². The zero-order valence-electron chi connectivity index (χ0n) is 70.9. The van der Waals surface area contributed by atoms with Crippen molar-refractivity contribution in [3.63, 3.8) is 0 Å². The SMILES string of the molecule is CC(=O)N[C@H]1[C@H](O[C@H]2[C@H](O)[C@@H](NC(C)=O)[C@H](O[C@@H]3[C@@H](O[C@@H]4[C@H](O)[C@H](O[C@H]5[C@H](O)[C@@H](NC(C)=O)[C@H](O[C@H]6[C@H](O)[C@@H](NC(C)=O)C(O)O[C@@H]6CO[C@@H]6O[C@@H](C)[C@@H](O)[C@@H](O)[C@@H]6O)O[C@@H]5CO)O[C@H](CO[C@H]5O[C@H](CO)[C@@H](O)[C@H](O)[C@@H]5O[C@@H]5O[C@H](CO)[C@@H](O[C@@H]6O[C@H](CO)[C@H](O)[C@H](OS(=O)(=O)O)[C@H]6O)[C@H](O)[C@H]5NC(C)=O)[C@H]4O)O[C@H](CO)[C@@H](O)[C@@H]3O)O[C@@H]2CO)O[C@H](CO)[C@H](OS(=O)(=O)O)[C@@H]1O. The molecule has 31 N–H and O–H groups in total. The smallest absolute Gasteiger partial charge is 0.394 e. The molecule has 0 aromatic carbocycles. The average Bonchev–Trinajstić information content (AvgIpc) is 0.747. The Balaban J connectivity index is 0.995. The number of nitrogens with one attached hydrogen (secondary N) is 5. The van der Waals surface area contributed by atoms with Crippen molar-refractivity contribution in [1.29, 1.82) is 0 Å². The second-order valence-corrected chi connectivity index (χ2v) is 34.8. The van der Waals surface area contributed by atoms with Crippen molar-refractivity contribution in [1.82, 2.24) is 26.6 Å². The molecule has 10 aliphatic heterocycles. The van der Waals surface area contributed by atoms with E-state index in [4.69, 9.17) is 90.0 Å². The zero-order valence-corrected chi connectivity index (χ0v) is 72.6. The Labute approximate surface area is 753 Å². The number of ether oxygens (including phenoxy) is 19. The highest BCUT2D eigenvalue weighted by molar-refractivity contribution is 7.81. The van der Waals surface area contributed by atoms with Crippen molar-refractivity contribution in [2.24, 2.45) is 0 Å². The van der Waals surface area contributed by atoms with E-state index in [9.17, 15) is 172 Å². The molecule has 0 aromatic rings. The molecule has 0 saturated carbocycles. The van der Waals surface area contributed by atoms with Crippen LogP contribution in [0, 0.1) is 0 Å². The van der Waals surface area contributed by atoms with Gasteiger partial charge in [0.15, 0.2) is 62.9 Å². The van der Waals surface area contributed by atoms with Gasteiger partial charge in [-0.3, -0.25) is 33.1 Å². The van der Waals surface area contributed by atoms with Crippen LogP contribution < -0.4 is 26.6 Å². The van der Waals surface area contributed by atoms with Crippen LogP contribution in [0.5, 0.6) is 0 Å². The third-order valence-corrected chi connectivity index (χ3v) is 24.2. The van der Waals surface area contributed by atoms with Gasteiger partial charge in [-0.15, -0.1) is 0 Å². The average molecular weight is 1990 g/mol. The number of aliphatic hydroxyl groups excluding tert-OH is 24. The van der Waals surface area contributed by atoms with Gasteiger partial charge in [-0.1, -0.05) is 0 Å². The van der Waals surface area contributed by atoms with Gasteiger partial charge < -0.3 is 239 Å². The quantitative estimate of drug-likeness (QED) is 0.0259.